The van der Waals surface area contributed by atoms with Crippen molar-refractivity contribution in [1.29, 1.82) is 0 Å². The topological polar surface area (TPSA) is 131 Å². The van der Waals surface area contributed by atoms with Gasteiger partial charge in [-0.2, -0.15) is 0 Å². The number of anilines is 2. The van der Waals surface area contributed by atoms with E-state index in [0.717, 1.165) is 31.5 Å². The summed E-state index contributed by atoms with van der Waals surface area (Å²) in [6, 6.07) is 8.91. The molecule has 4 rings (SSSR count). The summed E-state index contributed by atoms with van der Waals surface area (Å²) in [6.07, 6.45) is 5.38. The number of benzene rings is 1. The Morgan fingerprint density at radius 2 is 1.73 bits per heavy atom. The fraction of sp³-hybridized carbons (Fsp3) is 0.364. The van der Waals surface area contributed by atoms with Gasteiger partial charge in [0.05, 0.1) is 5.56 Å². The molecule has 2 aliphatic rings. The third-order valence-corrected chi connectivity index (χ3v) is 6.07. The highest BCUT2D eigenvalue weighted by molar-refractivity contribution is 6.01. The summed E-state index contributed by atoms with van der Waals surface area (Å²) in [5, 5.41) is 3.11. The van der Waals surface area contributed by atoms with Crippen molar-refractivity contribution in [3.8, 4) is 0 Å². The maximum atomic E-state index is 12.7. The standard InChI is InChI=1S/C22H25N5O3/c1-12(28)14-3-7-20(25-11-14)27-16-4-5-17(27)10-15(9-16)26-22(30)13-2-6-18(21(24)29)19(23)8-13/h2-3,6-8,11,15-17H,4-5,9-10,23H2,1H3,(H2,24,29)(H,26,30)/t15?,16-,17+. The summed E-state index contributed by atoms with van der Waals surface area (Å²) in [6.45, 7) is 1.53. The Morgan fingerprint density at radius 1 is 1.07 bits per heavy atom. The van der Waals surface area contributed by atoms with Gasteiger partial charge in [0.15, 0.2) is 5.78 Å². The molecule has 30 heavy (non-hydrogen) atoms. The van der Waals surface area contributed by atoms with E-state index in [1.807, 2.05) is 12.1 Å². The molecule has 3 heterocycles. The second-order valence-electron chi connectivity index (χ2n) is 8.06. The predicted molar refractivity (Wildman–Crippen MR) is 113 cm³/mol. The molecule has 156 valence electrons. The summed E-state index contributed by atoms with van der Waals surface area (Å²) >= 11 is 0. The Labute approximate surface area is 174 Å². The number of primary amides is 1. The van der Waals surface area contributed by atoms with Gasteiger partial charge in [-0.25, -0.2) is 4.98 Å². The molecule has 0 spiro atoms. The van der Waals surface area contributed by atoms with Crippen molar-refractivity contribution in [2.24, 2.45) is 5.73 Å². The largest absolute Gasteiger partial charge is 0.398 e. The van der Waals surface area contributed by atoms with Crippen LogP contribution in [-0.4, -0.2) is 40.7 Å². The van der Waals surface area contributed by atoms with Crippen LogP contribution in [0.1, 0.15) is 63.7 Å². The van der Waals surface area contributed by atoms with Crippen LogP contribution in [0.25, 0.3) is 0 Å². The molecule has 3 atom stereocenters. The van der Waals surface area contributed by atoms with E-state index >= 15 is 0 Å². The van der Waals surface area contributed by atoms with Gasteiger partial charge < -0.3 is 21.7 Å². The van der Waals surface area contributed by atoms with Crippen LogP contribution in [0.3, 0.4) is 0 Å². The average molecular weight is 407 g/mol. The number of ketones is 1. The average Bonchev–Trinajstić information content (AvgIpc) is 2.98. The molecule has 5 N–H and O–H groups in total. The van der Waals surface area contributed by atoms with Gasteiger partial charge in [0.2, 0.25) is 0 Å². The molecule has 1 aromatic carbocycles. The van der Waals surface area contributed by atoms with Gasteiger partial charge in [-0.1, -0.05) is 0 Å². The fourth-order valence-electron chi connectivity index (χ4n) is 4.61. The highest BCUT2D eigenvalue weighted by atomic mass is 16.2. The molecule has 2 saturated heterocycles. The highest BCUT2D eigenvalue weighted by Crippen LogP contribution is 2.38. The molecule has 1 aromatic heterocycles. The van der Waals surface area contributed by atoms with Crippen LogP contribution in [0.2, 0.25) is 0 Å². The van der Waals surface area contributed by atoms with Crippen LogP contribution in [-0.2, 0) is 0 Å². The zero-order valence-electron chi connectivity index (χ0n) is 16.8. The van der Waals surface area contributed by atoms with Crippen molar-refractivity contribution < 1.29 is 14.4 Å². The van der Waals surface area contributed by atoms with Crippen LogP contribution in [0, 0.1) is 0 Å². The number of hydrogen-bond acceptors (Lipinski definition) is 6. The minimum Gasteiger partial charge on any atom is -0.398 e. The van der Waals surface area contributed by atoms with Crippen LogP contribution >= 0.6 is 0 Å². The third-order valence-electron chi connectivity index (χ3n) is 6.07. The lowest BCUT2D eigenvalue weighted by atomic mass is 9.96. The summed E-state index contributed by atoms with van der Waals surface area (Å²) in [4.78, 5) is 42.3. The van der Waals surface area contributed by atoms with Gasteiger partial charge >= 0.3 is 0 Å². The minimum atomic E-state index is -0.617. The Bertz CT molecular complexity index is 990. The minimum absolute atomic E-state index is 0.00272. The summed E-state index contributed by atoms with van der Waals surface area (Å²) in [5.41, 5.74) is 12.5. The number of nitrogens with two attached hydrogens (primary N) is 2. The van der Waals surface area contributed by atoms with E-state index in [4.69, 9.17) is 11.5 Å². The maximum absolute atomic E-state index is 12.7. The lowest BCUT2D eigenvalue weighted by molar-refractivity contribution is 0.0924. The highest BCUT2D eigenvalue weighted by Gasteiger charge is 2.41. The van der Waals surface area contributed by atoms with Gasteiger partial charge in [-0.15, -0.1) is 0 Å². The molecule has 8 nitrogen and oxygen atoms in total. The molecule has 2 fully saturated rings. The molecule has 0 saturated carbocycles. The molecule has 0 radical (unpaired) electrons. The van der Waals surface area contributed by atoms with E-state index in [9.17, 15) is 14.4 Å². The molecule has 8 heteroatoms. The summed E-state index contributed by atoms with van der Waals surface area (Å²) in [7, 11) is 0. The number of piperidine rings is 1. The van der Waals surface area contributed by atoms with Gasteiger partial charge in [0, 0.05) is 41.1 Å². The number of carbonyl (C=O) groups excluding carboxylic acids is 3. The van der Waals surface area contributed by atoms with Gasteiger partial charge in [0.1, 0.15) is 5.82 Å². The number of nitrogens with one attached hydrogen (secondary N) is 1. The Hall–Kier alpha value is -3.42. The lowest BCUT2D eigenvalue weighted by Gasteiger charge is -2.40. The Balaban J connectivity index is 1.43. The van der Waals surface area contributed by atoms with E-state index in [2.05, 4.69) is 15.2 Å². The lowest BCUT2D eigenvalue weighted by Crippen LogP contribution is -2.50. The number of nitrogen functional groups attached to an aromatic ring is 1. The van der Waals surface area contributed by atoms with Crippen molar-refractivity contribution in [3.05, 3.63) is 53.2 Å². The fourth-order valence-corrected chi connectivity index (χ4v) is 4.61. The van der Waals surface area contributed by atoms with Crippen LogP contribution in [0.4, 0.5) is 11.5 Å². The van der Waals surface area contributed by atoms with Crippen molar-refractivity contribution in [3.63, 3.8) is 0 Å². The number of fused-ring (bicyclic) bond motifs is 2. The molecule has 2 aliphatic heterocycles. The van der Waals surface area contributed by atoms with Crippen molar-refractivity contribution >= 4 is 29.1 Å². The smallest absolute Gasteiger partial charge is 0.251 e. The predicted octanol–water partition coefficient (Wildman–Crippen LogP) is 1.90. The summed E-state index contributed by atoms with van der Waals surface area (Å²) < 4.78 is 0. The second kappa shape index (κ2) is 7.78. The van der Waals surface area contributed by atoms with E-state index in [1.54, 1.807) is 12.3 Å². The van der Waals surface area contributed by atoms with E-state index < -0.39 is 5.91 Å². The molecular formula is C22H25N5O3. The molecular weight excluding hydrogens is 382 g/mol. The number of carbonyl (C=O) groups is 3. The SMILES string of the molecule is CC(=O)c1ccc(N2[C@@H]3CC[C@H]2CC(NC(=O)c2ccc(C(N)=O)c(N)c2)C3)nc1. The van der Waals surface area contributed by atoms with E-state index in [-0.39, 0.29) is 29.0 Å². The molecule has 0 aliphatic carbocycles. The molecule has 2 bridgehead atoms. The first-order chi connectivity index (χ1) is 14.3. The van der Waals surface area contributed by atoms with Crippen molar-refractivity contribution in [2.75, 3.05) is 10.6 Å². The normalized spacial score (nSPS) is 22.6. The van der Waals surface area contributed by atoms with Crippen molar-refractivity contribution in [1.82, 2.24) is 10.3 Å². The third kappa shape index (κ3) is 3.72. The molecule has 2 aromatic rings. The van der Waals surface area contributed by atoms with Crippen LogP contribution < -0.4 is 21.7 Å². The number of nitrogens with zero attached hydrogens (tertiary/aromatic N) is 2. The van der Waals surface area contributed by atoms with Crippen LogP contribution in [0.15, 0.2) is 36.5 Å². The Morgan fingerprint density at radius 3 is 2.27 bits per heavy atom. The zero-order valence-corrected chi connectivity index (χ0v) is 16.8. The number of pyridine rings is 1. The second-order valence-corrected chi connectivity index (χ2v) is 8.06. The maximum Gasteiger partial charge on any atom is 0.251 e. The first-order valence-electron chi connectivity index (χ1n) is 10.1. The zero-order chi connectivity index (χ0) is 21.4. The first kappa shape index (κ1) is 19.9. The van der Waals surface area contributed by atoms with Gasteiger partial charge in [-0.3, -0.25) is 14.4 Å². The molecule has 2 amide bonds. The van der Waals surface area contributed by atoms with Crippen molar-refractivity contribution in [2.45, 2.75) is 50.7 Å². The number of aromatic nitrogens is 1. The van der Waals surface area contributed by atoms with Gasteiger partial charge in [-0.05, 0) is 62.9 Å². The number of rotatable bonds is 5. The van der Waals surface area contributed by atoms with Crippen LogP contribution in [0.5, 0.6) is 0 Å². The number of hydrogen-bond donors (Lipinski definition) is 3. The summed E-state index contributed by atoms with van der Waals surface area (Å²) in [5.74, 6) is 0.0582. The number of amides is 2. The monoisotopic (exact) mass is 407 g/mol. The molecule has 1 unspecified atom stereocenters. The number of Topliss-reactive ketones (excluding diaryl/α,β-unsaturated/α-hetero) is 1. The van der Waals surface area contributed by atoms with Gasteiger partial charge in [0.25, 0.3) is 11.8 Å². The van der Waals surface area contributed by atoms with E-state index in [0.29, 0.717) is 23.2 Å². The first-order valence-corrected chi connectivity index (χ1v) is 10.1. The quantitative estimate of drug-likeness (QED) is 0.512. The van der Waals surface area contributed by atoms with E-state index in [1.165, 1.54) is 19.1 Å². The Kier molecular flexibility index (Phi) is 5.15.